The van der Waals surface area contributed by atoms with Gasteiger partial charge >= 0.3 is 0 Å². The SMILES string of the molecule is CCOc1cccc(NC2=C(c3ccccc3)C(=O)N(Cc3ccccn3)C2=O)c1. The summed E-state index contributed by atoms with van der Waals surface area (Å²) in [6.45, 7) is 2.56. The lowest BCUT2D eigenvalue weighted by Gasteiger charge is -2.15. The summed E-state index contributed by atoms with van der Waals surface area (Å²) in [4.78, 5) is 32.0. The van der Waals surface area contributed by atoms with Crippen molar-refractivity contribution in [3.8, 4) is 5.75 Å². The molecule has 2 heterocycles. The molecule has 1 aliphatic heterocycles. The van der Waals surface area contributed by atoms with Crippen LogP contribution in [0.3, 0.4) is 0 Å². The molecule has 0 fully saturated rings. The Bertz CT molecular complexity index is 1090. The predicted molar refractivity (Wildman–Crippen MR) is 114 cm³/mol. The van der Waals surface area contributed by atoms with Crippen molar-refractivity contribution in [2.75, 3.05) is 11.9 Å². The quantitative estimate of drug-likeness (QED) is 0.611. The van der Waals surface area contributed by atoms with Gasteiger partial charge in [-0.05, 0) is 36.8 Å². The molecule has 3 aromatic rings. The number of benzene rings is 2. The third kappa shape index (κ3) is 3.93. The Balaban J connectivity index is 1.71. The summed E-state index contributed by atoms with van der Waals surface area (Å²) in [6.07, 6.45) is 1.64. The van der Waals surface area contributed by atoms with E-state index >= 15 is 0 Å². The number of carbonyl (C=O) groups excluding carboxylic acids is 2. The van der Waals surface area contributed by atoms with Gasteiger partial charge in [-0.2, -0.15) is 0 Å². The molecule has 150 valence electrons. The first-order valence-electron chi connectivity index (χ1n) is 9.73. The lowest BCUT2D eigenvalue weighted by Crippen LogP contribution is -2.32. The maximum atomic E-state index is 13.2. The predicted octanol–water partition coefficient (Wildman–Crippen LogP) is 3.87. The van der Waals surface area contributed by atoms with E-state index in [1.807, 2.05) is 61.5 Å². The molecule has 0 saturated heterocycles. The number of amides is 2. The van der Waals surface area contributed by atoms with Crippen LogP contribution in [0.1, 0.15) is 18.2 Å². The number of nitrogens with zero attached hydrogens (tertiary/aromatic N) is 2. The first-order valence-corrected chi connectivity index (χ1v) is 9.73. The van der Waals surface area contributed by atoms with Crippen LogP contribution < -0.4 is 10.1 Å². The number of rotatable bonds is 7. The van der Waals surface area contributed by atoms with E-state index in [0.29, 0.717) is 34.9 Å². The third-order valence-electron chi connectivity index (χ3n) is 4.69. The molecule has 0 spiro atoms. The number of carbonyl (C=O) groups is 2. The first kappa shape index (κ1) is 19.4. The van der Waals surface area contributed by atoms with Gasteiger partial charge in [0.1, 0.15) is 11.4 Å². The Kier molecular flexibility index (Phi) is 5.57. The fourth-order valence-corrected chi connectivity index (χ4v) is 3.34. The van der Waals surface area contributed by atoms with Crippen LogP contribution >= 0.6 is 0 Å². The van der Waals surface area contributed by atoms with E-state index in [4.69, 9.17) is 4.74 Å². The van der Waals surface area contributed by atoms with Crippen molar-refractivity contribution in [1.82, 2.24) is 9.88 Å². The normalized spacial score (nSPS) is 13.7. The third-order valence-corrected chi connectivity index (χ3v) is 4.69. The van der Waals surface area contributed by atoms with Gasteiger partial charge in [-0.15, -0.1) is 0 Å². The summed E-state index contributed by atoms with van der Waals surface area (Å²) in [5.74, 6) is -0.0434. The van der Waals surface area contributed by atoms with E-state index in [0.717, 1.165) is 0 Å². The zero-order chi connectivity index (χ0) is 20.9. The minimum Gasteiger partial charge on any atom is -0.494 e. The highest BCUT2D eigenvalue weighted by Gasteiger charge is 2.39. The molecule has 4 rings (SSSR count). The topological polar surface area (TPSA) is 71.5 Å². The van der Waals surface area contributed by atoms with Gasteiger partial charge in [0.25, 0.3) is 11.8 Å². The van der Waals surface area contributed by atoms with Crippen LogP contribution in [0, 0.1) is 0 Å². The fourth-order valence-electron chi connectivity index (χ4n) is 3.34. The molecule has 1 aromatic heterocycles. The second-order valence-electron chi connectivity index (χ2n) is 6.72. The maximum absolute atomic E-state index is 13.2. The molecule has 30 heavy (non-hydrogen) atoms. The fraction of sp³-hybridized carbons (Fsp3) is 0.125. The number of pyridine rings is 1. The molecule has 2 aromatic carbocycles. The highest BCUT2D eigenvalue weighted by Crippen LogP contribution is 2.31. The lowest BCUT2D eigenvalue weighted by atomic mass is 10.0. The number of imide groups is 1. The summed E-state index contributed by atoms with van der Waals surface area (Å²) in [5.41, 5.74) is 2.59. The van der Waals surface area contributed by atoms with Crippen molar-refractivity contribution in [2.45, 2.75) is 13.5 Å². The highest BCUT2D eigenvalue weighted by atomic mass is 16.5. The van der Waals surface area contributed by atoms with Gasteiger partial charge in [-0.25, -0.2) is 0 Å². The molecule has 2 amide bonds. The lowest BCUT2D eigenvalue weighted by molar-refractivity contribution is -0.137. The molecular formula is C24H21N3O3. The Hall–Kier alpha value is -3.93. The Morgan fingerprint density at radius 1 is 0.933 bits per heavy atom. The van der Waals surface area contributed by atoms with Gasteiger partial charge in [0, 0.05) is 18.0 Å². The first-order chi connectivity index (χ1) is 14.7. The average molecular weight is 399 g/mol. The molecule has 0 radical (unpaired) electrons. The molecule has 6 heteroatoms. The second kappa shape index (κ2) is 8.61. The largest absolute Gasteiger partial charge is 0.494 e. The molecule has 1 N–H and O–H groups in total. The number of hydrogen-bond donors (Lipinski definition) is 1. The van der Waals surface area contributed by atoms with E-state index in [9.17, 15) is 9.59 Å². The minimum atomic E-state index is -0.383. The molecular weight excluding hydrogens is 378 g/mol. The van der Waals surface area contributed by atoms with Crippen LogP contribution in [0.15, 0.2) is 84.7 Å². The van der Waals surface area contributed by atoms with Crippen LogP contribution in [0.25, 0.3) is 5.57 Å². The summed E-state index contributed by atoms with van der Waals surface area (Å²) in [6, 6.07) is 21.9. The van der Waals surface area contributed by atoms with Crippen molar-refractivity contribution in [1.29, 1.82) is 0 Å². The Morgan fingerprint density at radius 2 is 1.73 bits per heavy atom. The number of hydrogen-bond acceptors (Lipinski definition) is 5. The molecule has 0 aliphatic carbocycles. The second-order valence-corrected chi connectivity index (χ2v) is 6.72. The van der Waals surface area contributed by atoms with Gasteiger partial charge in [0.05, 0.1) is 24.4 Å². The molecule has 0 bridgehead atoms. The van der Waals surface area contributed by atoms with Crippen LogP contribution in [0.2, 0.25) is 0 Å². The average Bonchev–Trinajstić information content (AvgIpc) is 3.00. The van der Waals surface area contributed by atoms with Gasteiger partial charge in [-0.3, -0.25) is 19.5 Å². The highest BCUT2D eigenvalue weighted by molar-refractivity contribution is 6.36. The van der Waals surface area contributed by atoms with Crippen molar-refractivity contribution >= 4 is 23.1 Å². The summed E-state index contributed by atoms with van der Waals surface area (Å²) in [7, 11) is 0. The van der Waals surface area contributed by atoms with Crippen LogP contribution in [-0.4, -0.2) is 28.3 Å². The maximum Gasteiger partial charge on any atom is 0.278 e. The van der Waals surface area contributed by atoms with Crippen LogP contribution in [0.5, 0.6) is 5.75 Å². The summed E-state index contributed by atoms with van der Waals surface area (Å²) in [5, 5.41) is 3.15. The monoisotopic (exact) mass is 399 g/mol. The number of aromatic nitrogens is 1. The van der Waals surface area contributed by atoms with E-state index in [2.05, 4.69) is 10.3 Å². The van der Waals surface area contributed by atoms with Crippen LogP contribution in [-0.2, 0) is 16.1 Å². The van der Waals surface area contributed by atoms with Gasteiger partial charge in [-0.1, -0.05) is 42.5 Å². The standard InChI is InChI=1S/C24H21N3O3/c1-2-30-20-13-8-12-18(15-20)26-22-21(17-9-4-3-5-10-17)23(28)27(24(22)29)16-19-11-6-7-14-25-19/h3-15,26H,2,16H2,1H3. The van der Waals surface area contributed by atoms with E-state index in [-0.39, 0.29) is 24.1 Å². The zero-order valence-corrected chi connectivity index (χ0v) is 16.5. The Labute approximate surface area is 174 Å². The molecule has 0 unspecified atom stereocenters. The summed E-state index contributed by atoms with van der Waals surface area (Å²) < 4.78 is 5.54. The van der Waals surface area contributed by atoms with E-state index < -0.39 is 0 Å². The Morgan fingerprint density at radius 3 is 2.47 bits per heavy atom. The van der Waals surface area contributed by atoms with Gasteiger partial charge in [0.2, 0.25) is 0 Å². The zero-order valence-electron chi connectivity index (χ0n) is 16.5. The van der Waals surface area contributed by atoms with Crippen molar-refractivity contribution < 1.29 is 14.3 Å². The number of anilines is 1. The van der Waals surface area contributed by atoms with Crippen molar-refractivity contribution in [3.63, 3.8) is 0 Å². The molecule has 0 atom stereocenters. The number of ether oxygens (including phenoxy) is 1. The van der Waals surface area contributed by atoms with E-state index in [1.54, 1.807) is 24.4 Å². The summed E-state index contributed by atoms with van der Waals surface area (Å²) >= 11 is 0. The smallest absolute Gasteiger partial charge is 0.278 e. The van der Waals surface area contributed by atoms with Crippen LogP contribution in [0.4, 0.5) is 5.69 Å². The molecule has 6 nitrogen and oxygen atoms in total. The van der Waals surface area contributed by atoms with Crippen molar-refractivity contribution in [3.05, 3.63) is 95.9 Å². The van der Waals surface area contributed by atoms with Gasteiger partial charge < -0.3 is 10.1 Å². The van der Waals surface area contributed by atoms with Gasteiger partial charge in [0.15, 0.2) is 0 Å². The number of nitrogens with one attached hydrogen (secondary N) is 1. The van der Waals surface area contributed by atoms with Crippen molar-refractivity contribution in [2.24, 2.45) is 0 Å². The van der Waals surface area contributed by atoms with E-state index in [1.165, 1.54) is 4.90 Å². The minimum absolute atomic E-state index is 0.110. The molecule has 1 aliphatic rings. The molecule has 0 saturated carbocycles.